The Balaban J connectivity index is 2.02. The van der Waals surface area contributed by atoms with Crippen molar-refractivity contribution in [2.45, 2.75) is 26.7 Å². The van der Waals surface area contributed by atoms with E-state index in [2.05, 4.69) is 34.1 Å². The van der Waals surface area contributed by atoms with Gasteiger partial charge in [-0.2, -0.15) is 0 Å². The lowest BCUT2D eigenvalue weighted by atomic mass is 9.94. The number of pyridine rings is 1. The van der Waals surface area contributed by atoms with Gasteiger partial charge in [-0.25, -0.2) is 9.97 Å². The lowest BCUT2D eigenvalue weighted by Gasteiger charge is -2.18. The van der Waals surface area contributed by atoms with Gasteiger partial charge in [-0.1, -0.05) is 13.8 Å². The van der Waals surface area contributed by atoms with Crippen molar-refractivity contribution in [2.75, 3.05) is 11.9 Å². The van der Waals surface area contributed by atoms with Crippen molar-refractivity contribution < 1.29 is 9.90 Å². The van der Waals surface area contributed by atoms with Crippen molar-refractivity contribution in [3.63, 3.8) is 0 Å². The number of carboxylic acids is 1. The molecule has 0 spiro atoms. The van der Waals surface area contributed by atoms with Gasteiger partial charge in [0.25, 0.3) is 0 Å². The molecule has 0 amide bonds. The minimum atomic E-state index is -0.764. The number of nitrogens with zero attached hydrogens (tertiary/aromatic N) is 3. The maximum atomic E-state index is 10.9. The Morgan fingerprint density at radius 2 is 2.05 bits per heavy atom. The summed E-state index contributed by atoms with van der Waals surface area (Å²) in [6, 6.07) is 3.69. The molecular formula is C15H20N4O2. The Morgan fingerprint density at radius 1 is 1.29 bits per heavy atom. The Morgan fingerprint density at radius 3 is 2.76 bits per heavy atom. The molecule has 112 valence electrons. The lowest BCUT2D eigenvalue weighted by Crippen LogP contribution is -2.20. The Hall–Kier alpha value is -2.24. The third kappa shape index (κ3) is 4.66. The number of aliphatic carboxylic acids is 1. The number of nitrogens with one attached hydrogen (secondary N) is 1. The highest BCUT2D eigenvalue weighted by Gasteiger charge is 2.15. The normalized spacial score (nSPS) is 12.5. The van der Waals surface area contributed by atoms with Crippen molar-refractivity contribution in [3.8, 4) is 0 Å². The molecule has 0 saturated carbocycles. The molecule has 0 saturated heterocycles. The number of carboxylic acid groups (broad SMARTS) is 1. The monoisotopic (exact) mass is 288 g/mol. The molecule has 21 heavy (non-hydrogen) atoms. The zero-order valence-electron chi connectivity index (χ0n) is 12.3. The molecule has 2 aromatic rings. The molecule has 0 aliphatic carbocycles. The number of aromatic nitrogens is 3. The minimum absolute atomic E-state index is 0.0851. The van der Waals surface area contributed by atoms with Crippen molar-refractivity contribution >= 4 is 23.0 Å². The Labute approximate surface area is 123 Å². The maximum Gasteiger partial charge on any atom is 0.303 e. The molecule has 2 rings (SSSR count). The highest BCUT2D eigenvalue weighted by Crippen LogP contribution is 2.17. The molecule has 1 unspecified atom stereocenters. The van der Waals surface area contributed by atoms with E-state index in [1.807, 2.05) is 12.1 Å². The first-order valence-corrected chi connectivity index (χ1v) is 7.08. The molecule has 0 aromatic carbocycles. The summed E-state index contributed by atoms with van der Waals surface area (Å²) in [6.45, 7) is 4.78. The van der Waals surface area contributed by atoms with Gasteiger partial charge in [0.1, 0.15) is 11.3 Å². The second-order valence-corrected chi connectivity index (χ2v) is 5.57. The Kier molecular flexibility index (Phi) is 5.03. The number of anilines is 1. The number of hydrogen-bond donors (Lipinski definition) is 2. The number of fused-ring (bicyclic) bond motifs is 1. The second-order valence-electron chi connectivity index (χ2n) is 5.57. The average molecular weight is 288 g/mol. The lowest BCUT2D eigenvalue weighted by molar-refractivity contribution is -0.138. The van der Waals surface area contributed by atoms with E-state index in [0.717, 1.165) is 11.9 Å². The number of carbonyl (C=O) groups is 1. The molecule has 6 heteroatoms. The van der Waals surface area contributed by atoms with Crippen LogP contribution in [-0.4, -0.2) is 32.6 Å². The average Bonchev–Trinajstić information content (AvgIpc) is 2.43. The standard InChI is InChI=1S/C15H20N4O2/c1-10(2)7-11(8-14(20)21)9-18-13-4-3-12-15(19-13)17-6-5-16-12/h3-6,10-11H,7-9H2,1-2H3,(H,20,21)(H,17,18,19). The fraction of sp³-hybridized carbons (Fsp3) is 0.467. The van der Waals surface area contributed by atoms with Crippen LogP contribution in [0.25, 0.3) is 11.2 Å². The summed E-state index contributed by atoms with van der Waals surface area (Å²) in [5, 5.41) is 12.2. The Bertz CT molecular complexity index is 615. The molecular weight excluding hydrogens is 268 g/mol. The van der Waals surface area contributed by atoms with E-state index >= 15 is 0 Å². The van der Waals surface area contributed by atoms with E-state index in [9.17, 15) is 4.79 Å². The molecule has 2 aromatic heterocycles. The predicted octanol–water partition coefficient (Wildman–Crippen LogP) is 2.57. The zero-order chi connectivity index (χ0) is 15.2. The van der Waals surface area contributed by atoms with E-state index in [-0.39, 0.29) is 12.3 Å². The molecule has 1 atom stereocenters. The van der Waals surface area contributed by atoms with Crippen LogP contribution in [0.5, 0.6) is 0 Å². The van der Waals surface area contributed by atoms with Crippen LogP contribution in [0.4, 0.5) is 5.82 Å². The highest BCUT2D eigenvalue weighted by atomic mass is 16.4. The van der Waals surface area contributed by atoms with Gasteiger partial charge in [-0.15, -0.1) is 0 Å². The summed E-state index contributed by atoms with van der Waals surface area (Å²) in [5.74, 6) is 0.482. The molecule has 6 nitrogen and oxygen atoms in total. The zero-order valence-corrected chi connectivity index (χ0v) is 12.3. The minimum Gasteiger partial charge on any atom is -0.481 e. The first kappa shape index (κ1) is 15.2. The van der Waals surface area contributed by atoms with Crippen LogP contribution in [0.15, 0.2) is 24.5 Å². The summed E-state index contributed by atoms with van der Waals surface area (Å²) < 4.78 is 0. The summed E-state index contributed by atoms with van der Waals surface area (Å²) in [6.07, 6.45) is 4.26. The van der Waals surface area contributed by atoms with Crippen LogP contribution < -0.4 is 5.32 Å². The first-order valence-electron chi connectivity index (χ1n) is 7.08. The van der Waals surface area contributed by atoms with E-state index in [4.69, 9.17) is 5.11 Å². The third-order valence-electron chi connectivity index (χ3n) is 3.17. The van der Waals surface area contributed by atoms with E-state index in [1.54, 1.807) is 12.4 Å². The molecule has 0 aliphatic heterocycles. The van der Waals surface area contributed by atoms with Gasteiger partial charge in [0.15, 0.2) is 5.65 Å². The summed E-state index contributed by atoms with van der Waals surface area (Å²) in [4.78, 5) is 23.6. The quantitative estimate of drug-likeness (QED) is 0.814. The molecule has 0 fully saturated rings. The van der Waals surface area contributed by atoms with Crippen LogP contribution in [0.3, 0.4) is 0 Å². The second kappa shape index (κ2) is 6.97. The van der Waals surface area contributed by atoms with Gasteiger partial charge in [-0.05, 0) is 30.4 Å². The molecule has 2 heterocycles. The molecule has 0 bridgehead atoms. The summed E-state index contributed by atoms with van der Waals surface area (Å²) in [5.41, 5.74) is 1.33. The van der Waals surface area contributed by atoms with Crippen molar-refractivity contribution in [1.29, 1.82) is 0 Å². The highest BCUT2D eigenvalue weighted by molar-refractivity contribution is 5.71. The van der Waals surface area contributed by atoms with Gasteiger partial charge in [0.2, 0.25) is 0 Å². The number of rotatable bonds is 7. The maximum absolute atomic E-state index is 10.9. The van der Waals surface area contributed by atoms with E-state index < -0.39 is 5.97 Å². The SMILES string of the molecule is CC(C)CC(CNc1ccc2nccnc2n1)CC(=O)O. The van der Waals surface area contributed by atoms with Crippen LogP contribution in [0.2, 0.25) is 0 Å². The van der Waals surface area contributed by atoms with Gasteiger partial charge < -0.3 is 10.4 Å². The van der Waals surface area contributed by atoms with Gasteiger partial charge >= 0.3 is 5.97 Å². The van der Waals surface area contributed by atoms with Gasteiger partial charge in [0.05, 0.1) is 0 Å². The smallest absolute Gasteiger partial charge is 0.303 e. The van der Waals surface area contributed by atoms with Gasteiger partial charge in [-0.3, -0.25) is 9.78 Å². The first-order chi connectivity index (χ1) is 10.0. The van der Waals surface area contributed by atoms with Crippen LogP contribution in [0.1, 0.15) is 26.7 Å². The fourth-order valence-corrected chi connectivity index (χ4v) is 2.35. The van der Waals surface area contributed by atoms with Crippen molar-refractivity contribution in [1.82, 2.24) is 15.0 Å². The van der Waals surface area contributed by atoms with E-state index in [0.29, 0.717) is 23.9 Å². The molecule has 0 aliphatic rings. The van der Waals surface area contributed by atoms with Crippen LogP contribution >= 0.6 is 0 Å². The topological polar surface area (TPSA) is 88.0 Å². The van der Waals surface area contributed by atoms with E-state index in [1.165, 1.54) is 0 Å². The molecule has 0 radical (unpaired) electrons. The number of hydrogen-bond acceptors (Lipinski definition) is 5. The largest absolute Gasteiger partial charge is 0.481 e. The van der Waals surface area contributed by atoms with Gasteiger partial charge in [0, 0.05) is 25.4 Å². The van der Waals surface area contributed by atoms with Crippen molar-refractivity contribution in [3.05, 3.63) is 24.5 Å². The van der Waals surface area contributed by atoms with Crippen LogP contribution in [-0.2, 0) is 4.79 Å². The summed E-state index contributed by atoms with van der Waals surface area (Å²) >= 11 is 0. The van der Waals surface area contributed by atoms with Crippen molar-refractivity contribution in [2.24, 2.45) is 11.8 Å². The third-order valence-corrected chi connectivity index (χ3v) is 3.17. The fourth-order valence-electron chi connectivity index (χ4n) is 2.35. The van der Waals surface area contributed by atoms with Crippen LogP contribution in [0, 0.1) is 11.8 Å². The molecule has 2 N–H and O–H groups in total. The summed E-state index contributed by atoms with van der Waals surface area (Å²) in [7, 11) is 0. The predicted molar refractivity (Wildman–Crippen MR) is 81.0 cm³/mol.